The lowest BCUT2D eigenvalue weighted by Crippen LogP contribution is -2.42. The van der Waals surface area contributed by atoms with Gasteiger partial charge in [-0.3, -0.25) is 4.79 Å². The van der Waals surface area contributed by atoms with E-state index in [2.05, 4.69) is 0 Å². The fourth-order valence-electron chi connectivity index (χ4n) is 3.39. The summed E-state index contributed by atoms with van der Waals surface area (Å²) < 4.78 is 18.8. The molecule has 2 aromatic carbocycles. The molecule has 4 rings (SSSR count). The minimum Gasteiger partial charge on any atom is -0.417 e. The molecular weight excluding hydrogens is 321 g/mol. The van der Waals surface area contributed by atoms with Crippen LogP contribution in [0.2, 0.25) is 0 Å². The first-order valence-electron chi connectivity index (χ1n) is 8.19. The summed E-state index contributed by atoms with van der Waals surface area (Å²) in [6.45, 7) is 1.93. The number of rotatable bonds is 1. The fraction of sp³-hybridized carbons (Fsp3) is 0.200. The van der Waals surface area contributed by atoms with Crippen molar-refractivity contribution in [2.45, 2.75) is 25.8 Å². The van der Waals surface area contributed by atoms with E-state index in [1.54, 1.807) is 41.3 Å². The first-order valence-corrected chi connectivity index (χ1v) is 8.19. The van der Waals surface area contributed by atoms with Crippen molar-refractivity contribution >= 4 is 22.4 Å². The lowest BCUT2D eigenvalue weighted by atomic mass is 9.96. The molecule has 2 heterocycles. The average Bonchev–Trinajstić information content (AvgIpc) is 2.61. The molecule has 0 unspecified atom stereocenters. The van der Waals surface area contributed by atoms with Crippen LogP contribution in [0.15, 0.2) is 57.7 Å². The fourth-order valence-corrected chi connectivity index (χ4v) is 3.39. The van der Waals surface area contributed by atoms with Crippen molar-refractivity contribution in [2.75, 3.05) is 4.90 Å². The van der Waals surface area contributed by atoms with E-state index in [4.69, 9.17) is 4.42 Å². The van der Waals surface area contributed by atoms with Crippen molar-refractivity contribution in [2.24, 2.45) is 0 Å². The Morgan fingerprint density at radius 1 is 1.20 bits per heavy atom. The summed E-state index contributed by atoms with van der Waals surface area (Å²) in [5.74, 6) is -0.714. The summed E-state index contributed by atoms with van der Waals surface area (Å²) in [4.78, 5) is 26.8. The molecule has 126 valence electrons. The van der Waals surface area contributed by atoms with Gasteiger partial charge < -0.3 is 9.32 Å². The van der Waals surface area contributed by atoms with Crippen LogP contribution in [0.5, 0.6) is 0 Å². The SMILES string of the molecule is C[C@@H]1CCc2cc(F)ccc2N1C(=O)c1cc2ccccc2c(=O)o1. The molecule has 0 aliphatic carbocycles. The van der Waals surface area contributed by atoms with Crippen molar-refractivity contribution in [3.05, 3.63) is 76.1 Å². The molecule has 0 radical (unpaired) electrons. The first-order chi connectivity index (χ1) is 12.0. The van der Waals surface area contributed by atoms with Crippen LogP contribution in [0.3, 0.4) is 0 Å². The summed E-state index contributed by atoms with van der Waals surface area (Å²) >= 11 is 0. The Morgan fingerprint density at radius 2 is 2.00 bits per heavy atom. The average molecular weight is 337 g/mol. The van der Waals surface area contributed by atoms with E-state index in [-0.39, 0.29) is 23.5 Å². The zero-order chi connectivity index (χ0) is 17.6. The Balaban J connectivity index is 1.83. The molecule has 0 saturated heterocycles. The van der Waals surface area contributed by atoms with Gasteiger partial charge in [-0.05, 0) is 61.0 Å². The summed E-state index contributed by atoms with van der Waals surface area (Å²) in [5.41, 5.74) is 0.918. The second kappa shape index (κ2) is 5.84. The standard InChI is InChI=1S/C20H16FNO3/c1-12-6-7-14-10-15(21)8-9-17(14)22(12)19(23)18-11-13-4-2-3-5-16(13)20(24)25-18/h2-5,8-12H,6-7H2,1H3/t12-/m1/s1. The van der Waals surface area contributed by atoms with Crippen LogP contribution < -0.4 is 10.5 Å². The van der Waals surface area contributed by atoms with Crippen LogP contribution in [0.1, 0.15) is 29.5 Å². The molecule has 0 bridgehead atoms. The molecule has 1 aliphatic rings. The molecule has 25 heavy (non-hydrogen) atoms. The summed E-state index contributed by atoms with van der Waals surface area (Å²) in [6, 6.07) is 12.9. The number of benzene rings is 2. The number of hydrogen-bond donors (Lipinski definition) is 0. The van der Waals surface area contributed by atoms with E-state index in [9.17, 15) is 14.0 Å². The highest BCUT2D eigenvalue weighted by Crippen LogP contribution is 2.32. The van der Waals surface area contributed by atoms with Crippen LogP contribution >= 0.6 is 0 Å². The van der Waals surface area contributed by atoms with E-state index < -0.39 is 5.63 Å². The summed E-state index contributed by atoms with van der Waals surface area (Å²) in [7, 11) is 0. The van der Waals surface area contributed by atoms with E-state index in [0.717, 1.165) is 12.0 Å². The van der Waals surface area contributed by atoms with Gasteiger partial charge in [-0.25, -0.2) is 9.18 Å². The van der Waals surface area contributed by atoms with E-state index in [1.807, 2.05) is 6.92 Å². The molecule has 0 spiro atoms. The van der Waals surface area contributed by atoms with Crippen molar-refractivity contribution in [3.63, 3.8) is 0 Å². The van der Waals surface area contributed by atoms with Gasteiger partial charge in [0.15, 0.2) is 5.76 Å². The maximum Gasteiger partial charge on any atom is 0.344 e. The highest BCUT2D eigenvalue weighted by molar-refractivity contribution is 6.06. The maximum absolute atomic E-state index is 13.5. The van der Waals surface area contributed by atoms with Gasteiger partial charge in [0, 0.05) is 11.7 Å². The molecule has 0 saturated carbocycles. The van der Waals surface area contributed by atoms with Crippen molar-refractivity contribution < 1.29 is 13.6 Å². The van der Waals surface area contributed by atoms with E-state index in [0.29, 0.717) is 22.9 Å². The minimum absolute atomic E-state index is 0.00674. The number of carbonyl (C=O) groups excluding carboxylic acids is 1. The molecule has 3 aromatic rings. The van der Waals surface area contributed by atoms with Gasteiger partial charge in [0.25, 0.3) is 5.91 Å². The Hall–Kier alpha value is -2.95. The Bertz CT molecular complexity index is 1040. The Kier molecular flexibility index (Phi) is 3.64. The van der Waals surface area contributed by atoms with Gasteiger partial charge in [0.2, 0.25) is 0 Å². The number of carbonyl (C=O) groups is 1. The van der Waals surface area contributed by atoms with Crippen molar-refractivity contribution in [1.29, 1.82) is 0 Å². The predicted molar refractivity (Wildman–Crippen MR) is 93.5 cm³/mol. The third kappa shape index (κ3) is 2.61. The molecule has 1 amide bonds. The molecule has 0 fully saturated rings. The molecule has 1 aromatic heterocycles. The number of halogens is 1. The topological polar surface area (TPSA) is 50.5 Å². The lowest BCUT2D eigenvalue weighted by molar-refractivity contribution is 0.0944. The Labute approximate surface area is 143 Å². The zero-order valence-corrected chi connectivity index (χ0v) is 13.7. The van der Waals surface area contributed by atoms with E-state index >= 15 is 0 Å². The zero-order valence-electron chi connectivity index (χ0n) is 13.7. The summed E-state index contributed by atoms with van der Waals surface area (Å²) in [6.07, 6.45) is 1.43. The Morgan fingerprint density at radius 3 is 2.84 bits per heavy atom. The van der Waals surface area contributed by atoms with Crippen LogP contribution in [0.25, 0.3) is 10.8 Å². The third-order valence-electron chi connectivity index (χ3n) is 4.67. The number of amides is 1. The van der Waals surface area contributed by atoms with Gasteiger partial charge in [-0.1, -0.05) is 18.2 Å². The lowest BCUT2D eigenvalue weighted by Gasteiger charge is -2.34. The van der Waals surface area contributed by atoms with Crippen LogP contribution in [-0.4, -0.2) is 11.9 Å². The van der Waals surface area contributed by atoms with Crippen LogP contribution in [0.4, 0.5) is 10.1 Å². The van der Waals surface area contributed by atoms with Gasteiger partial charge in [0.05, 0.1) is 5.39 Å². The van der Waals surface area contributed by atoms with Gasteiger partial charge in [-0.15, -0.1) is 0 Å². The van der Waals surface area contributed by atoms with Gasteiger partial charge in [0.1, 0.15) is 5.82 Å². The van der Waals surface area contributed by atoms with Crippen LogP contribution in [0, 0.1) is 5.82 Å². The number of fused-ring (bicyclic) bond motifs is 2. The highest BCUT2D eigenvalue weighted by atomic mass is 19.1. The molecule has 0 N–H and O–H groups in total. The predicted octanol–water partition coefficient (Wildman–Crippen LogP) is 3.91. The molecule has 1 aliphatic heterocycles. The highest BCUT2D eigenvalue weighted by Gasteiger charge is 2.30. The molecule has 4 nitrogen and oxygen atoms in total. The second-order valence-corrected chi connectivity index (χ2v) is 6.32. The quantitative estimate of drug-likeness (QED) is 0.676. The normalized spacial score (nSPS) is 16.7. The van der Waals surface area contributed by atoms with Gasteiger partial charge in [-0.2, -0.15) is 0 Å². The molecule has 1 atom stereocenters. The maximum atomic E-state index is 13.5. The van der Waals surface area contributed by atoms with Crippen molar-refractivity contribution in [1.82, 2.24) is 0 Å². The number of nitrogens with zero attached hydrogens (tertiary/aromatic N) is 1. The largest absolute Gasteiger partial charge is 0.417 e. The molecular formula is C20H16FNO3. The number of anilines is 1. The number of aryl methyl sites for hydroxylation is 1. The smallest absolute Gasteiger partial charge is 0.344 e. The number of hydrogen-bond acceptors (Lipinski definition) is 3. The van der Waals surface area contributed by atoms with Crippen LogP contribution in [-0.2, 0) is 6.42 Å². The van der Waals surface area contributed by atoms with Crippen molar-refractivity contribution in [3.8, 4) is 0 Å². The third-order valence-corrected chi connectivity index (χ3v) is 4.67. The molecule has 5 heteroatoms. The monoisotopic (exact) mass is 337 g/mol. The van der Waals surface area contributed by atoms with E-state index in [1.165, 1.54) is 12.1 Å². The summed E-state index contributed by atoms with van der Waals surface area (Å²) in [5, 5.41) is 1.10. The first kappa shape index (κ1) is 15.6. The minimum atomic E-state index is -0.537. The second-order valence-electron chi connectivity index (χ2n) is 6.32. The van der Waals surface area contributed by atoms with Gasteiger partial charge >= 0.3 is 5.63 Å².